The lowest BCUT2D eigenvalue weighted by Crippen LogP contribution is -2.29. The number of rotatable bonds is 5. The highest BCUT2D eigenvalue weighted by Gasteiger charge is 2.39. The summed E-state index contributed by atoms with van der Waals surface area (Å²) in [6, 6.07) is 13.3. The van der Waals surface area contributed by atoms with Crippen LogP contribution in [0.1, 0.15) is 48.3 Å². The van der Waals surface area contributed by atoms with E-state index in [2.05, 4.69) is 5.32 Å². The molecule has 3 aromatic rings. The minimum Gasteiger partial charge on any atom is -0.325 e. The zero-order chi connectivity index (χ0) is 23.8. The molecule has 0 radical (unpaired) electrons. The molecule has 1 amide bonds. The van der Waals surface area contributed by atoms with Gasteiger partial charge in [-0.3, -0.25) is 14.2 Å². The van der Waals surface area contributed by atoms with Gasteiger partial charge in [-0.2, -0.15) is 0 Å². The number of carbonyl (C=O) groups excluding carboxylic acids is 1. The van der Waals surface area contributed by atoms with Crippen molar-refractivity contribution in [1.29, 1.82) is 0 Å². The maximum absolute atomic E-state index is 13.8. The van der Waals surface area contributed by atoms with Gasteiger partial charge in [-0.05, 0) is 62.1 Å². The number of carbonyl (C=O) groups is 1. The average Bonchev–Trinajstić information content (AvgIpc) is 3.19. The highest BCUT2D eigenvalue weighted by Crippen LogP contribution is 2.50. The lowest BCUT2D eigenvalue weighted by Gasteiger charge is -2.24. The number of halogens is 1. The first-order valence-corrected chi connectivity index (χ1v) is 13.7. The second kappa shape index (κ2) is 9.80. The third-order valence-corrected chi connectivity index (χ3v) is 9.18. The smallest absolute Gasteiger partial charge is 0.263 e. The van der Waals surface area contributed by atoms with E-state index in [1.165, 1.54) is 18.2 Å². The molecule has 1 fully saturated rings. The monoisotopic (exact) mass is 511 g/mol. The predicted molar refractivity (Wildman–Crippen MR) is 141 cm³/mol. The Bertz CT molecular complexity index is 1320. The molecule has 1 N–H and O–H groups in total. The first-order valence-electron chi connectivity index (χ1n) is 11.5. The number of hydrogen-bond acceptors (Lipinski definition) is 5. The molecule has 0 spiro atoms. The van der Waals surface area contributed by atoms with E-state index in [4.69, 9.17) is 16.6 Å². The van der Waals surface area contributed by atoms with Crippen LogP contribution in [0.15, 0.2) is 57.4 Å². The number of fused-ring (bicyclic) bond motifs is 3. The van der Waals surface area contributed by atoms with E-state index < -0.39 is 0 Å². The van der Waals surface area contributed by atoms with Crippen molar-refractivity contribution >= 4 is 46.7 Å². The van der Waals surface area contributed by atoms with E-state index in [0.717, 1.165) is 46.7 Å². The number of aryl methyl sites for hydroxylation is 2. The van der Waals surface area contributed by atoms with Gasteiger partial charge in [0.1, 0.15) is 5.03 Å². The molecule has 1 aromatic heterocycles. The molecule has 176 valence electrons. The Kier molecular flexibility index (Phi) is 6.78. The lowest BCUT2D eigenvalue weighted by molar-refractivity contribution is -0.113. The summed E-state index contributed by atoms with van der Waals surface area (Å²) in [5.74, 6) is 0.246. The van der Waals surface area contributed by atoms with Crippen molar-refractivity contribution in [2.45, 2.75) is 60.9 Å². The predicted octanol–water partition coefficient (Wildman–Crippen LogP) is 6.37. The molecule has 1 saturated carbocycles. The molecule has 0 bridgehead atoms. The van der Waals surface area contributed by atoms with E-state index in [9.17, 15) is 9.59 Å². The lowest BCUT2D eigenvalue weighted by atomic mass is 9.85. The fourth-order valence-corrected chi connectivity index (χ4v) is 7.26. The number of hydrogen-bond donors (Lipinski definition) is 1. The third kappa shape index (κ3) is 4.66. The Morgan fingerprint density at radius 1 is 1.21 bits per heavy atom. The van der Waals surface area contributed by atoms with Crippen LogP contribution in [0.5, 0.6) is 0 Å². The van der Waals surface area contributed by atoms with Crippen LogP contribution in [0.3, 0.4) is 0 Å². The molecule has 2 aromatic carbocycles. The summed E-state index contributed by atoms with van der Waals surface area (Å²) in [5, 5.41) is 5.33. The molecule has 1 aliphatic heterocycles. The van der Waals surface area contributed by atoms with Crippen LogP contribution in [0.4, 0.5) is 5.69 Å². The topological polar surface area (TPSA) is 64.0 Å². The molecule has 0 unspecified atom stereocenters. The summed E-state index contributed by atoms with van der Waals surface area (Å²) >= 11 is 9.22. The fraction of sp³-hybridized carbons (Fsp3) is 0.346. The summed E-state index contributed by atoms with van der Waals surface area (Å²) in [4.78, 5) is 31.5. The van der Waals surface area contributed by atoms with Crippen molar-refractivity contribution in [1.82, 2.24) is 9.55 Å². The standard InChI is InChI=1S/C26H26ClN3O2S2/c1-15-6-5-7-18(12-15)30-25(32)23-19-8-3-4-9-21(19)34-24(23)29-26(30)33-14-22(31)28-17-11-10-16(2)20(27)13-17/h5-7,10-13,19,21H,3-4,8-9,14H2,1-2H3,(H,28,31)/t19-,21-/m0/s1. The Hall–Kier alpha value is -2.22. The Morgan fingerprint density at radius 3 is 2.82 bits per heavy atom. The first-order chi connectivity index (χ1) is 16.4. The molecule has 8 heteroatoms. The molecule has 5 rings (SSSR count). The highest BCUT2D eigenvalue weighted by atomic mass is 35.5. The quantitative estimate of drug-likeness (QED) is 0.245. The largest absolute Gasteiger partial charge is 0.325 e. The summed E-state index contributed by atoms with van der Waals surface area (Å²) in [6.45, 7) is 3.93. The summed E-state index contributed by atoms with van der Waals surface area (Å²) in [5.41, 5.74) is 4.33. The van der Waals surface area contributed by atoms with Crippen molar-refractivity contribution in [3.8, 4) is 5.69 Å². The van der Waals surface area contributed by atoms with E-state index in [-0.39, 0.29) is 23.1 Å². The van der Waals surface area contributed by atoms with Crippen molar-refractivity contribution in [3.63, 3.8) is 0 Å². The summed E-state index contributed by atoms with van der Waals surface area (Å²) < 4.78 is 1.70. The van der Waals surface area contributed by atoms with Crippen LogP contribution in [-0.2, 0) is 4.79 Å². The summed E-state index contributed by atoms with van der Waals surface area (Å²) in [7, 11) is 0. The first kappa shape index (κ1) is 23.5. The van der Waals surface area contributed by atoms with Crippen LogP contribution in [-0.4, -0.2) is 26.5 Å². The Labute approximate surface area is 212 Å². The molecule has 2 atom stereocenters. The van der Waals surface area contributed by atoms with Crippen molar-refractivity contribution < 1.29 is 4.79 Å². The number of nitrogens with zero attached hydrogens (tertiary/aromatic N) is 2. The molecular weight excluding hydrogens is 486 g/mol. The average molecular weight is 512 g/mol. The van der Waals surface area contributed by atoms with E-state index in [0.29, 0.717) is 21.1 Å². The number of anilines is 1. The van der Waals surface area contributed by atoms with Crippen LogP contribution >= 0.6 is 35.1 Å². The van der Waals surface area contributed by atoms with E-state index >= 15 is 0 Å². The van der Waals surface area contributed by atoms with Gasteiger partial charge < -0.3 is 5.32 Å². The second-order valence-corrected chi connectivity index (χ2v) is 11.5. The minimum atomic E-state index is -0.170. The Morgan fingerprint density at radius 2 is 2.03 bits per heavy atom. The van der Waals surface area contributed by atoms with Gasteiger partial charge in [0.05, 0.1) is 17.0 Å². The number of nitrogens with one attached hydrogen (secondary N) is 1. The van der Waals surface area contributed by atoms with Gasteiger partial charge in [0, 0.05) is 21.9 Å². The summed E-state index contributed by atoms with van der Waals surface area (Å²) in [6.07, 6.45) is 4.53. The molecule has 2 heterocycles. The zero-order valence-corrected chi connectivity index (χ0v) is 21.5. The fourth-order valence-electron chi connectivity index (χ4n) is 4.70. The van der Waals surface area contributed by atoms with Gasteiger partial charge in [-0.15, -0.1) is 11.8 Å². The SMILES string of the molecule is Cc1cccc(-n2c(SCC(=O)Nc3ccc(C)c(Cl)c3)nc3c(c2=O)[C@H]2CCCC[C@@H]2S3)c1. The number of benzene rings is 2. The molecule has 2 aliphatic rings. The van der Waals surface area contributed by atoms with Gasteiger partial charge in [0.15, 0.2) is 5.16 Å². The second-order valence-electron chi connectivity index (χ2n) is 8.94. The molecular formula is C26H26ClN3O2S2. The van der Waals surface area contributed by atoms with Gasteiger partial charge in [-0.1, -0.05) is 54.4 Å². The van der Waals surface area contributed by atoms with Crippen molar-refractivity contribution in [2.75, 3.05) is 11.1 Å². The van der Waals surface area contributed by atoms with Crippen LogP contribution in [0, 0.1) is 13.8 Å². The highest BCUT2D eigenvalue weighted by molar-refractivity contribution is 8.00. The molecule has 0 saturated heterocycles. The van der Waals surface area contributed by atoms with Gasteiger partial charge >= 0.3 is 0 Å². The minimum absolute atomic E-state index is 0.00530. The van der Waals surface area contributed by atoms with Crippen LogP contribution in [0.2, 0.25) is 5.02 Å². The number of thioether (sulfide) groups is 2. The maximum Gasteiger partial charge on any atom is 0.263 e. The van der Waals surface area contributed by atoms with Crippen molar-refractivity contribution in [3.05, 3.63) is 74.5 Å². The third-order valence-electron chi connectivity index (χ3n) is 6.44. The van der Waals surface area contributed by atoms with Crippen LogP contribution < -0.4 is 10.9 Å². The number of amides is 1. The normalized spacial score (nSPS) is 18.9. The maximum atomic E-state index is 13.8. The molecule has 34 heavy (non-hydrogen) atoms. The van der Waals surface area contributed by atoms with Crippen LogP contribution in [0.25, 0.3) is 5.69 Å². The van der Waals surface area contributed by atoms with E-state index in [1.807, 2.05) is 50.2 Å². The van der Waals surface area contributed by atoms with Gasteiger partial charge in [-0.25, -0.2) is 4.98 Å². The van der Waals surface area contributed by atoms with Gasteiger partial charge in [0.2, 0.25) is 5.91 Å². The van der Waals surface area contributed by atoms with E-state index in [1.54, 1.807) is 22.4 Å². The Balaban J connectivity index is 1.46. The molecule has 5 nitrogen and oxygen atoms in total. The molecule has 1 aliphatic carbocycles. The van der Waals surface area contributed by atoms with Gasteiger partial charge in [0.25, 0.3) is 5.56 Å². The number of aromatic nitrogens is 2. The van der Waals surface area contributed by atoms with Crippen molar-refractivity contribution in [2.24, 2.45) is 0 Å². The zero-order valence-electron chi connectivity index (χ0n) is 19.1.